The average molecular weight is 339 g/mol. The van der Waals surface area contributed by atoms with Crippen molar-refractivity contribution < 1.29 is 26.1 Å². The van der Waals surface area contributed by atoms with Crippen molar-refractivity contribution in [3.8, 4) is 0 Å². The van der Waals surface area contributed by atoms with Crippen molar-refractivity contribution in [2.75, 3.05) is 0 Å². The van der Waals surface area contributed by atoms with Gasteiger partial charge in [-0.3, -0.25) is 0 Å². The molecule has 0 saturated carbocycles. The van der Waals surface area contributed by atoms with Gasteiger partial charge in [-0.1, -0.05) is 0 Å². The summed E-state index contributed by atoms with van der Waals surface area (Å²) < 4.78 is 1.56. The van der Waals surface area contributed by atoms with Gasteiger partial charge in [0, 0.05) is 0 Å². The molecule has 0 radical (unpaired) electrons. The molecule has 0 nitrogen and oxygen atoms in total. The predicted octanol–water partition coefficient (Wildman–Crippen LogP) is 0.846. The molecule has 0 aliphatic rings. The first kappa shape index (κ1) is 8.60. The third-order valence-corrected chi connectivity index (χ3v) is 5.42. The zero-order chi connectivity index (χ0) is 7.72. The molecule has 0 aliphatic carbocycles. The molecule has 1 rings (SSSR count). The minimum absolute atomic E-state index is 0.758. The summed E-state index contributed by atoms with van der Waals surface area (Å²) in [6.45, 7) is 4.36. The number of hydrogen-bond donors (Lipinski definition) is 0. The van der Waals surface area contributed by atoms with Crippen molar-refractivity contribution in [2.24, 2.45) is 0 Å². The molecule has 10 heavy (non-hydrogen) atoms. The van der Waals surface area contributed by atoms with E-state index in [2.05, 4.69) is 38.6 Å². The van der Waals surface area contributed by atoms with Crippen LogP contribution in [0.15, 0.2) is 17.0 Å². The SMILES string of the molecule is Cc1c([SH2+])cc[c]([Hg])c1C. The van der Waals surface area contributed by atoms with Crippen LogP contribution in [0.5, 0.6) is 0 Å². The van der Waals surface area contributed by atoms with E-state index in [1.807, 2.05) is 0 Å². The zero-order valence-electron chi connectivity index (χ0n) is 6.36. The van der Waals surface area contributed by atoms with Gasteiger partial charge in [0.2, 0.25) is 0 Å². The van der Waals surface area contributed by atoms with Crippen LogP contribution < -0.4 is 3.07 Å². The average Bonchev–Trinajstić information content (AvgIpc) is 1.93. The molecule has 0 N–H and O–H groups in total. The van der Waals surface area contributed by atoms with Crippen LogP contribution in [-0.4, -0.2) is 0 Å². The van der Waals surface area contributed by atoms with Crippen LogP contribution in [0.3, 0.4) is 0 Å². The molecule has 0 unspecified atom stereocenters. The Morgan fingerprint density at radius 1 is 1.20 bits per heavy atom. The molecule has 0 saturated heterocycles. The number of benzene rings is 1. The van der Waals surface area contributed by atoms with Crippen molar-refractivity contribution in [1.82, 2.24) is 0 Å². The first-order valence-electron chi connectivity index (χ1n) is 3.26. The van der Waals surface area contributed by atoms with E-state index in [0.717, 1.165) is 26.1 Å². The fraction of sp³-hybridized carbons (Fsp3) is 0.250. The molecule has 0 aromatic heterocycles. The molecule has 0 amide bonds. The standard InChI is InChI=1S/C8H9S.Hg/c1-6-4-3-5-8(9)7(6)2;/h3,5,9H,1-2H3;/p+1. The van der Waals surface area contributed by atoms with Crippen molar-refractivity contribution >= 4 is 15.7 Å². The summed E-state index contributed by atoms with van der Waals surface area (Å²) >= 11 is 4.31. The Labute approximate surface area is 83.4 Å². The second kappa shape index (κ2) is 3.27. The van der Waals surface area contributed by atoms with Gasteiger partial charge >= 0.3 is 83.8 Å². The van der Waals surface area contributed by atoms with Crippen LogP contribution in [0.25, 0.3) is 0 Å². The van der Waals surface area contributed by atoms with Crippen molar-refractivity contribution in [3.05, 3.63) is 23.3 Å². The third kappa shape index (κ3) is 1.56. The molecule has 1 aromatic rings. The van der Waals surface area contributed by atoms with E-state index in [9.17, 15) is 0 Å². The van der Waals surface area contributed by atoms with E-state index in [4.69, 9.17) is 0 Å². The molecule has 0 bridgehead atoms. The molecule has 49 valence electrons. The number of hydrogen-bond acceptors (Lipinski definition) is 0. The molecule has 0 fully saturated rings. The van der Waals surface area contributed by atoms with Crippen molar-refractivity contribution in [2.45, 2.75) is 18.7 Å². The van der Waals surface area contributed by atoms with Crippen LogP contribution in [-0.2, 0) is 38.8 Å². The van der Waals surface area contributed by atoms with Gasteiger partial charge in [0.05, 0.1) is 0 Å². The molecule has 0 atom stereocenters. The molecular weight excluding hydrogens is 329 g/mol. The molecule has 0 heterocycles. The molecule has 0 aliphatic heterocycles. The Hall–Kier alpha value is 0.505. The van der Waals surface area contributed by atoms with Gasteiger partial charge in [-0.2, -0.15) is 0 Å². The summed E-state index contributed by atoms with van der Waals surface area (Å²) in [6, 6.07) is 4.36. The monoisotopic (exact) mass is 340 g/mol. The van der Waals surface area contributed by atoms with E-state index >= 15 is 0 Å². The van der Waals surface area contributed by atoms with Crippen LogP contribution in [0, 0.1) is 13.8 Å². The van der Waals surface area contributed by atoms with Crippen molar-refractivity contribution in [3.63, 3.8) is 0 Å². The van der Waals surface area contributed by atoms with Gasteiger partial charge in [-0.05, 0) is 0 Å². The van der Waals surface area contributed by atoms with Gasteiger partial charge in [0.25, 0.3) is 0 Å². The van der Waals surface area contributed by atoms with E-state index in [1.165, 1.54) is 16.0 Å². The van der Waals surface area contributed by atoms with E-state index in [1.54, 1.807) is 3.07 Å². The van der Waals surface area contributed by atoms with Crippen LogP contribution in [0.4, 0.5) is 0 Å². The summed E-state index contributed by atoms with van der Waals surface area (Å²) in [7, 11) is 0. The summed E-state index contributed by atoms with van der Waals surface area (Å²) in [5.74, 6) is 0. The predicted molar refractivity (Wildman–Crippen MR) is 44.0 cm³/mol. The zero-order valence-corrected chi connectivity index (χ0v) is 12.9. The first-order valence-corrected chi connectivity index (χ1v) is 6.51. The number of rotatable bonds is 0. The van der Waals surface area contributed by atoms with E-state index < -0.39 is 0 Å². The third-order valence-electron chi connectivity index (χ3n) is 1.90. The Morgan fingerprint density at radius 3 is 2.30 bits per heavy atom. The van der Waals surface area contributed by atoms with Gasteiger partial charge in [-0.25, -0.2) is 0 Å². The maximum absolute atomic E-state index is 3.55. The summed E-state index contributed by atoms with van der Waals surface area (Å²) in [5.41, 5.74) is 2.86. The summed E-state index contributed by atoms with van der Waals surface area (Å²) in [5, 5.41) is 0. The van der Waals surface area contributed by atoms with Gasteiger partial charge in [-0.15, -0.1) is 0 Å². The second-order valence-corrected chi connectivity index (χ2v) is 6.02. The Balaban J connectivity index is 3.34. The Bertz CT molecular complexity index is 229. The quantitative estimate of drug-likeness (QED) is 0.486. The van der Waals surface area contributed by atoms with E-state index in [-0.39, 0.29) is 0 Å². The maximum atomic E-state index is 3.55. The second-order valence-electron chi connectivity index (χ2n) is 2.52. The van der Waals surface area contributed by atoms with Crippen LogP contribution in [0.2, 0.25) is 0 Å². The van der Waals surface area contributed by atoms with Crippen LogP contribution in [0.1, 0.15) is 11.1 Å². The first-order chi connectivity index (χ1) is 4.63. The topological polar surface area (TPSA) is 0 Å². The summed E-state index contributed by atoms with van der Waals surface area (Å²) in [4.78, 5) is 1.23. The molecule has 0 spiro atoms. The van der Waals surface area contributed by atoms with Gasteiger partial charge in [0.15, 0.2) is 0 Å². The minimum atomic E-state index is 0.758. The Morgan fingerprint density at radius 2 is 1.80 bits per heavy atom. The van der Waals surface area contributed by atoms with Crippen molar-refractivity contribution in [1.29, 1.82) is 0 Å². The normalized spacial score (nSPS) is 10.1. The van der Waals surface area contributed by atoms with Crippen LogP contribution >= 0.6 is 0 Å². The molecule has 2 heteroatoms. The molecule has 1 aromatic carbocycles. The van der Waals surface area contributed by atoms with Gasteiger partial charge < -0.3 is 0 Å². The fourth-order valence-corrected chi connectivity index (χ4v) is 2.64. The fourth-order valence-electron chi connectivity index (χ4n) is 0.877. The molecular formula is C8H10HgS+. The Kier molecular flexibility index (Phi) is 2.81. The summed E-state index contributed by atoms with van der Waals surface area (Å²) in [6.07, 6.45) is 0. The van der Waals surface area contributed by atoms with Gasteiger partial charge in [0.1, 0.15) is 0 Å². The van der Waals surface area contributed by atoms with E-state index in [0.29, 0.717) is 0 Å².